The fourth-order valence-electron chi connectivity index (χ4n) is 1.56. The molecular weight excluding hydrogens is 218 g/mol. The molecule has 82 valence electrons. The summed E-state index contributed by atoms with van der Waals surface area (Å²) in [6.45, 7) is 4.18. The molecule has 2 aromatic carbocycles. The molecule has 0 atom stereocenters. The summed E-state index contributed by atoms with van der Waals surface area (Å²) >= 11 is 5.84. The first-order valence-corrected chi connectivity index (χ1v) is 5.63. The van der Waals surface area contributed by atoms with E-state index in [1.807, 2.05) is 24.3 Å². The van der Waals surface area contributed by atoms with Gasteiger partial charge in [0.05, 0.1) is 0 Å². The first kappa shape index (κ1) is 11.0. The molecule has 0 aromatic heterocycles. The van der Waals surface area contributed by atoms with Gasteiger partial charge in [-0.15, -0.1) is 0 Å². The fourth-order valence-corrected chi connectivity index (χ4v) is 1.69. The highest BCUT2D eigenvalue weighted by Crippen LogP contribution is 2.22. The largest absolute Gasteiger partial charge is 0.355 e. The van der Waals surface area contributed by atoms with Crippen LogP contribution in [0.5, 0.6) is 0 Å². The minimum atomic E-state index is 0.756. The van der Waals surface area contributed by atoms with Crippen molar-refractivity contribution < 1.29 is 0 Å². The van der Waals surface area contributed by atoms with E-state index in [9.17, 15) is 0 Å². The maximum atomic E-state index is 5.84. The molecule has 2 heteroatoms. The van der Waals surface area contributed by atoms with Crippen LogP contribution in [0.3, 0.4) is 0 Å². The topological polar surface area (TPSA) is 12.0 Å². The molecule has 1 N–H and O–H groups in total. The van der Waals surface area contributed by atoms with Gasteiger partial charge in [-0.25, -0.2) is 0 Å². The number of aryl methyl sites for hydroxylation is 2. The van der Waals surface area contributed by atoms with E-state index in [2.05, 4.69) is 37.4 Å². The van der Waals surface area contributed by atoms with Gasteiger partial charge in [0.25, 0.3) is 0 Å². The van der Waals surface area contributed by atoms with Crippen molar-refractivity contribution in [1.29, 1.82) is 0 Å². The summed E-state index contributed by atoms with van der Waals surface area (Å²) in [5.74, 6) is 0. The summed E-state index contributed by atoms with van der Waals surface area (Å²) in [6.07, 6.45) is 0. The van der Waals surface area contributed by atoms with Crippen LogP contribution in [0.4, 0.5) is 11.4 Å². The van der Waals surface area contributed by atoms with E-state index < -0.39 is 0 Å². The minimum Gasteiger partial charge on any atom is -0.355 e. The van der Waals surface area contributed by atoms with E-state index in [4.69, 9.17) is 11.6 Å². The molecule has 16 heavy (non-hydrogen) atoms. The first-order chi connectivity index (χ1) is 7.65. The Morgan fingerprint density at radius 2 is 1.62 bits per heavy atom. The van der Waals surface area contributed by atoms with Gasteiger partial charge < -0.3 is 5.32 Å². The Morgan fingerprint density at radius 1 is 0.938 bits per heavy atom. The molecule has 0 fully saturated rings. The lowest BCUT2D eigenvalue weighted by Crippen LogP contribution is -1.93. The summed E-state index contributed by atoms with van der Waals surface area (Å²) in [6, 6.07) is 14.1. The molecule has 0 bridgehead atoms. The Morgan fingerprint density at radius 3 is 2.31 bits per heavy atom. The second-order valence-electron chi connectivity index (χ2n) is 3.95. The molecule has 0 aliphatic carbocycles. The molecule has 0 heterocycles. The summed E-state index contributed by atoms with van der Waals surface area (Å²) in [5.41, 5.74) is 4.68. The van der Waals surface area contributed by atoms with E-state index in [0.717, 1.165) is 16.4 Å². The summed E-state index contributed by atoms with van der Waals surface area (Å²) in [7, 11) is 0. The highest BCUT2D eigenvalue weighted by molar-refractivity contribution is 6.30. The molecule has 0 aliphatic heterocycles. The normalized spacial score (nSPS) is 10.2. The van der Waals surface area contributed by atoms with Crippen LogP contribution in [0.1, 0.15) is 11.1 Å². The molecule has 2 rings (SSSR count). The van der Waals surface area contributed by atoms with E-state index in [0.29, 0.717) is 0 Å². The number of anilines is 2. The van der Waals surface area contributed by atoms with Gasteiger partial charge in [-0.05, 0) is 55.3 Å². The average molecular weight is 232 g/mol. The standard InChI is InChI=1S/C14H14ClN/c1-10-3-4-11(2)14(9-10)16-13-7-5-12(15)6-8-13/h3-9,16H,1-2H3. The van der Waals surface area contributed by atoms with Gasteiger partial charge in [-0.3, -0.25) is 0 Å². The quantitative estimate of drug-likeness (QED) is 0.790. The fraction of sp³-hybridized carbons (Fsp3) is 0.143. The zero-order valence-electron chi connectivity index (χ0n) is 9.42. The Bertz CT molecular complexity index is 489. The van der Waals surface area contributed by atoms with E-state index >= 15 is 0 Å². The Labute approximate surface area is 101 Å². The van der Waals surface area contributed by atoms with Crippen LogP contribution in [-0.2, 0) is 0 Å². The number of benzene rings is 2. The van der Waals surface area contributed by atoms with Gasteiger partial charge in [0.2, 0.25) is 0 Å². The van der Waals surface area contributed by atoms with Crippen LogP contribution in [0, 0.1) is 13.8 Å². The maximum absolute atomic E-state index is 5.84. The van der Waals surface area contributed by atoms with Crippen molar-refractivity contribution in [3.8, 4) is 0 Å². The smallest absolute Gasteiger partial charge is 0.0416 e. The lowest BCUT2D eigenvalue weighted by atomic mass is 10.1. The van der Waals surface area contributed by atoms with E-state index in [1.165, 1.54) is 11.1 Å². The van der Waals surface area contributed by atoms with Crippen molar-refractivity contribution in [3.05, 3.63) is 58.6 Å². The summed E-state index contributed by atoms with van der Waals surface area (Å²) < 4.78 is 0. The molecule has 0 unspecified atom stereocenters. The van der Waals surface area contributed by atoms with Gasteiger partial charge in [0.15, 0.2) is 0 Å². The molecule has 1 nitrogen and oxygen atoms in total. The molecular formula is C14H14ClN. The van der Waals surface area contributed by atoms with Crippen molar-refractivity contribution in [2.45, 2.75) is 13.8 Å². The highest BCUT2D eigenvalue weighted by Gasteiger charge is 1.99. The van der Waals surface area contributed by atoms with Crippen molar-refractivity contribution in [2.75, 3.05) is 5.32 Å². The molecule has 0 saturated heterocycles. The Hall–Kier alpha value is -1.47. The second-order valence-corrected chi connectivity index (χ2v) is 4.39. The molecule has 0 aliphatic rings. The summed E-state index contributed by atoms with van der Waals surface area (Å²) in [5, 5.41) is 4.14. The first-order valence-electron chi connectivity index (χ1n) is 5.25. The van der Waals surface area contributed by atoms with Crippen molar-refractivity contribution in [1.82, 2.24) is 0 Å². The number of hydrogen-bond acceptors (Lipinski definition) is 1. The predicted octanol–water partition coefficient (Wildman–Crippen LogP) is 4.70. The van der Waals surface area contributed by atoms with E-state index in [-0.39, 0.29) is 0 Å². The van der Waals surface area contributed by atoms with Crippen molar-refractivity contribution in [2.24, 2.45) is 0 Å². The van der Waals surface area contributed by atoms with Gasteiger partial charge in [0.1, 0.15) is 0 Å². The Kier molecular flexibility index (Phi) is 3.16. The lowest BCUT2D eigenvalue weighted by Gasteiger charge is -2.10. The molecule has 0 amide bonds. The van der Waals surface area contributed by atoms with Crippen LogP contribution in [0.2, 0.25) is 5.02 Å². The molecule has 2 aromatic rings. The van der Waals surface area contributed by atoms with Gasteiger partial charge in [0, 0.05) is 16.4 Å². The third-order valence-corrected chi connectivity index (χ3v) is 2.77. The minimum absolute atomic E-state index is 0.756. The number of halogens is 1. The molecule has 0 spiro atoms. The zero-order valence-corrected chi connectivity index (χ0v) is 10.2. The maximum Gasteiger partial charge on any atom is 0.0416 e. The second kappa shape index (κ2) is 4.58. The predicted molar refractivity (Wildman–Crippen MR) is 70.7 cm³/mol. The van der Waals surface area contributed by atoms with Crippen molar-refractivity contribution in [3.63, 3.8) is 0 Å². The van der Waals surface area contributed by atoms with Crippen LogP contribution < -0.4 is 5.32 Å². The van der Waals surface area contributed by atoms with Gasteiger partial charge in [-0.2, -0.15) is 0 Å². The third kappa shape index (κ3) is 2.56. The highest BCUT2D eigenvalue weighted by atomic mass is 35.5. The number of hydrogen-bond donors (Lipinski definition) is 1. The zero-order chi connectivity index (χ0) is 11.5. The number of rotatable bonds is 2. The van der Waals surface area contributed by atoms with Gasteiger partial charge in [-0.1, -0.05) is 23.7 Å². The monoisotopic (exact) mass is 231 g/mol. The summed E-state index contributed by atoms with van der Waals surface area (Å²) in [4.78, 5) is 0. The third-order valence-electron chi connectivity index (χ3n) is 2.52. The van der Waals surface area contributed by atoms with E-state index in [1.54, 1.807) is 0 Å². The van der Waals surface area contributed by atoms with Crippen LogP contribution in [0.15, 0.2) is 42.5 Å². The SMILES string of the molecule is Cc1ccc(C)c(Nc2ccc(Cl)cc2)c1. The van der Waals surface area contributed by atoms with Crippen molar-refractivity contribution >= 4 is 23.0 Å². The Balaban J connectivity index is 2.26. The van der Waals surface area contributed by atoms with Crippen LogP contribution >= 0.6 is 11.6 Å². The van der Waals surface area contributed by atoms with Gasteiger partial charge >= 0.3 is 0 Å². The number of nitrogens with one attached hydrogen (secondary N) is 1. The van der Waals surface area contributed by atoms with Crippen LogP contribution in [0.25, 0.3) is 0 Å². The lowest BCUT2D eigenvalue weighted by molar-refractivity contribution is 1.38. The molecule has 0 saturated carbocycles. The van der Waals surface area contributed by atoms with Crippen LogP contribution in [-0.4, -0.2) is 0 Å². The molecule has 0 radical (unpaired) electrons. The average Bonchev–Trinajstić information content (AvgIpc) is 2.27.